The van der Waals surface area contributed by atoms with E-state index in [4.69, 9.17) is 5.73 Å². The number of sulfonamides is 1. The monoisotopic (exact) mass is 283 g/mol. The summed E-state index contributed by atoms with van der Waals surface area (Å²) >= 11 is 0. The summed E-state index contributed by atoms with van der Waals surface area (Å²) in [5, 5.41) is 2.59. The van der Waals surface area contributed by atoms with Gasteiger partial charge in [-0.1, -0.05) is 0 Å². The van der Waals surface area contributed by atoms with Crippen LogP contribution in [-0.2, 0) is 14.8 Å². The summed E-state index contributed by atoms with van der Waals surface area (Å²) < 4.78 is 26.4. The summed E-state index contributed by atoms with van der Waals surface area (Å²) in [6.45, 7) is 1.58. The van der Waals surface area contributed by atoms with E-state index < -0.39 is 16.1 Å². The van der Waals surface area contributed by atoms with Crippen LogP contribution in [0.4, 0.5) is 5.69 Å². The molecule has 1 aliphatic rings. The van der Waals surface area contributed by atoms with Crippen molar-refractivity contribution >= 4 is 21.6 Å². The van der Waals surface area contributed by atoms with E-state index in [1.807, 2.05) is 0 Å². The number of anilines is 1. The van der Waals surface area contributed by atoms with Crippen LogP contribution in [0.3, 0.4) is 0 Å². The van der Waals surface area contributed by atoms with Crippen LogP contribution in [0.15, 0.2) is 29.2 Å². The molecule has 0 spiro atoms. The average molecular weight is 283 g/mol. The highest BCUT2D eigenvalue weighted by atomic mass is 32.2. The van der Waals surface area contributed by atoms with Gasteiger partial charge in [0.1, 0.15) is 0 Å². The average Bonchev–Trinajstić information content (AvgIpc) is 3.12. The van der Waals surface area contributed by atoms with Crippen molar-refractivity contribution in [1.82, 2.24) is 4.72 Å². The van der Waals surface area contributed by atoms with Crippen LogP contribution in [0.25, 0.3) is 0 Å². The second kappa shape index (κ2) is 5.28. The van der Waals surface area contributed by atoms with Crippen LogP contribution < -0.4 is 15.8 Å². The van der Waals surface area contributed by atoms with E-state index in [1.165, 1.54) is 12.1 Å². The van der Waals surface area contributed by atoms with Gasteiger partial charge in [0.2, 0.25) is 15.9 Å². The summed E-state index contributed by atoms with van der Waals surface area (Å²) in [5.74, 6) is -0.313. The number of nitrogens with two attached hydrogens (primary N) is 1. The molecule has 0 saturated heterocycles. The number of carbonyl (C=O) groups excluding carboxylic acids is 1. The van der Waals surface area contributed by atoms with Crippen LogP contribution in [0.5, 0.6) is 0 Å². The van der Waals surface area contributed by atoms with Crippen molar-refractivity contribution in [3.63, 3.8) is 0 Å². The molecule has 0 aromatic heterocycles. The van der Waals surface area contributed by atoms with Crippen molar-refractivity contribution in [1.29, 1.82) is 0 Å². The van der Waals surface area contributed by atoms with Gasteiger partial charge in [0.05, 0.1) is 10.9 Å². The SMILES string of the molecule is C[C@@H](N)C(=O)Nc1ccc(S(=O)(=O)NC2CC2)cc1. The number of carbonyl (C=O) groups is 1. The lowest BCUT2D eigenvalue weighted by Crippen LogP contribution is -2.32. The first-order chi connectivity index (χ1) is 8.88. The standard InChI is InChI=1S/C12H17N3O3S/c1-8(13)12(16)14-9-4-6-11(7-5-9)19(17,18)15-10-2-3-10/h4-8,10,15H,2-3,13H2,1H3,(H,14,16)/t8-/m1/s1. The Morgan fingerprint density at radius 1 is 1.32 bits per heavy atom. The zero-order valence-corrected chi connectivity index (χ0v) is 11.4. The number of hydrogen-bond donors (Lipinski definition) is 3. The third kappa shape index (κ3) is 3.76. The maximum Gasteiger partial charge on any atom is 0.240 e. The molecule has 2 rings (SSSR count). The van der Waals surface area contributed by atoms with Gasteiger partial charge >= 0.3 is 0 Å². The maximum atomic E-state index is 11.9. The number of amides is 1. The van der Waals surface area contributed by atoms with E-state index in [0.717, 1.165) is 12.8 Å². The minimum Gasteiger partial charge on any atom is -0.325 e. The van der Waals surface area contributed by atoms with E-state index in [2.05, 4.69) is 10.0 Å². The van der Waals surface area contributed by atoms with Crippen LogP contribution in [0.1, 0.15) is 19.8 Å². The van der Waals surface area contributed by atoms with Crippen molar-refractivity contribution < 1.29 is 13.2 Å². The van der Waals surface area contributed by atoms with Gasteiger partial charge in [0.25, 0.3) is 0 Å². The summed E-state index contributed by atoms with van der Waals surface area (Å²) in [7, 11) is -3.45. The van der Waals surface area contributed by atoms with Crippen molar-refractivity contribution in [2.75, 3.05) is 5.32 Å². The molecule has 1 fully saturated rings. The van der Waals surface area contributed by atoms with Gasteiger partial charge in [0.15, 0.2) is 0 Å². The summed E-state index contributed by atoms with van der Waals surface area (Å²) in [4.78, 5) is 11.6. The molecular weight excluding hydrogens is 266 g/mol. The van der Waals surface area contributed by atoms with E-state index >= 15 is 0 Å². The molecule has 0 bridgehead atoms. The molecule has 1 amide bonds. The lowest BCUT2D eigenvalue weighted by molar-refractivity contribution is -0.117. The van der Waals surface area contributed by atoms with Gasteiger partial charge < -0.3 is 11.1 Å². The predicted molar refractivity (Wildman–Crippen MR) is 72.1 cm³/mol. The molecule has 0 heterocycles. The Balaban J connectivity index is 2.07. The van der Waals surface area contributed by atoms with E-state index in [0.29, 0.717) is 5.69 Å². The van der Waals surface area contributed by atoms with Gasteiger partial charge in [0, 0.05) is 11.7 Å². The van der Waals surface area contributed by atoms with E-state index in [-0.39, 0.29) is 16.8 Å². The van der Waals surface area contributed by atoms with Gasteiger partial charge in [-0.3, -0.25) is 4.79 Å². The Morgan fingerprint density at radius 3 is 2.37 bits per heavy atom. The number of benzene rings is 1. The normalized spacial score (nSPS) is 16.9. The zero-order valence-electron chi connectivity index (χ0n) is 10.6. The minimum absolute atomic E-state index is 0.0717. The molecule has 6 nitrogen and oxygen atoms in total. The van der Waals surface area contributed by atoms with Gasteiger partial charge in [-0.2, -0.15) is 0 Å². The molecule has 4 N–H and O–H groups in total. The quantitative estimate of drug-likeness (QED) is 0.728. The first-order valence-corrected chi connectivity index (χ1v) is 7.55. The Kier molecular flexibility index (Phi) is 3.88. The smallest absolute Gasteiger partial charge is 0.240 e. The topological polar surface area (TPSA) is 101 Å². The Bertz CT molecular complexity index is 562. The molecule has 1 aromatic carbocycles. The molecule has 19 heavy (non-hydrogen) atoms. The second-order valence-corrected chi connectivity index (χ2v) is 6.41. The highest BCUT2D eigenvalue weighted by molar-refractivity contribution is 7.89. The lowest BCUT2D eigenvalue weighted by Gasteiger charge is -2.09. The van der Waals surface area contributed by atoms with Crippen molar-refractivity contribution in [2.45, 2.75) is 36.7 Å². The second-order valence-electron chi connectivity index (χ2n) is 4.70. The van der Waals surface area contributed by atoms with Crippen molar-refractivity contribution in [2.24, 2.45) is 5.73 Å². The van der Waals surface area contributed by atoms with Crippen LogP contribution in [-0.4, -0.2) is 26.4 Å². The number of rotatable bonds is 5. The molecule has 1 saturated carbocycles. The Hall–Kier alpha value is -1.44. The minimum atomic E-state index is -3.45. The zero-order chi connectivity index (χ0) is 14.0. The van der Waals surface area contributed by atoms with E-state index in [9.17, 15) is 13.2 Å². The molecule has 0 unspecified atom stereocenters. The Morgan fingerprint density at radius 2 is 1.89 bits per heavy atom. The molecular formula is C12H17N3O3S. The fourth-order valence-electron chi connectivity index (χ4n) is 1.46. The molecule has 0 radical (unpaired) electrons. The summed E-state index contributed by atoms with van der Waals surface area (Å²) in [6.07, 6.45) is 1.78. The molecule has 7 heteroatoms. The fraction of sp³-hybridized carbons (Fsp3) is 0.417. The van der Waals surface area contributed by atoms with Crippen LogP contribution >= 0.6 is 0 Å². The highest BCUT2D eigenvalue weighted by Gasteiger charge is 2.27. The van der Waals surface area contributed by atoms with E-state index in [1.54, 1.807) is 19.1 Å². The third-order valence-corrected chi connectivity index (χ3v) is 4.28. The lowest BCUT2D eigenvalue weighted by atomic mass is 10.3. The first-order valence-electron chi connectivity index (χ1n) is 6.07. The Labute approximate surface area is 112 Å². The number of hydrogen-bond acceptors (Lipinski definition) is 4. The third-order valence-electron chi connectivity index (χ3n) is 2.74. The van der Waals surface area contributed by atoms with Crippen LogP contribution in [0.2, 0.25) is 0 Å². The largest absolute Gasteiger partial charge is 0.325 e. The van der Waals surface area contributed by atoms with Gasteiger partial charge in [-0.05, 0) is 44.0 Å². The molecule has 0 aliphatic heterocycles. The fourth-order valence-corrected chi connectivity index (χ4v) is 2.77. The highest BCUT2D eigenvalue weighted by Crippen LogP contribution is 2.22. The molecule has 104 valence electrons. The predicted octanol–water partition coefficient (Wildman–Crippen LogP) is 0.413. The van der Waals surface area contributed by atoms with Gasteiger partial charge in [-0.15, -0.1) is 0 Å². The first kappa shape index (κ1) is 14.0. The summed E-state index contributed by atoms with van der Waals surface area (Å²) in [6, 6.07) is 5.47. The maximum absolute atomic E-state index is 11.9. The van der Waals surface area contributed by atoms with Gasteiger partial charge in [-0.25, -0.2) is 13.1 Å². The molecule has 1 atom stereocenters. The van der Waals surface area contributed by atoms with Crippen LogP contribution in [0, 0.1) is 0 Å². The molecule has 1 aliphatic carbocycles. The summed E-state index contributed by atoms with van der Waals surface area (Å²) in [5.41, 5.74) is 5.95. The number of nitrogens with one attached hydrogen (secondary N) is 2. The van der Waals surface area contributed by atoms with Crippen molar-refractivity contribution in [3.8, 4) is 0 Å². The van der Waals surface area contributed by atoms with Crippen molar-refractivity contribution in [3.05, 3.63) is 24.3 Å². The molecule has 1 aromatic rings.